The molecule has 2 aliphatic heterocycles. The fourth-order valence-corrected chi connectivity index (χ4v) is 5.48. The first-order chi connectivity index (χ1) is 15.5. The van der Waals surface area contributed by atoms with Gasteiger partial charge in [-0.1, -0.05) is 22.9 Å². The minimum Gasteiger partial charge on any atom is -0.355 e. The summed E-state index contributed by atoms with van der Waals surface area (Å²) in [4.78, 5) is 20.8. The number of ether oxygens (including phenoxy) is 1. The topological polar surface area (TPSA) is 82.5 Å². The molecule has 3 aromatic heterocycles. The molecule has 5 heterocycles. The number of para-hydroxylation sites is 1. The lowest BCUT2D eigenvalue weighted by Gasteiger charge is -2.28. The zero-order chi connectivity index (χ0) is 22.0. The van der Waals surface area contributed by atoms with Gasteiger partial charge in [-0.3, -0.25) is 18.7 Å². The third kappa shape index (κ3) is 2.78. The molecule has 0 saturated carbocycles. The molecule has 2 atom stereocenters. The van der Waals surface area contributed by atoms with Crippen LogP contribution in [0.25, 0.3) is 22.4 Å². The summed E-state index contributed by atoms with van der Waals surface area (Å²) in [6.07, 6.45) is 7.33. The van der Waals surface area contributed by atoms with Crippen LogP contribution in [0.15, 0.2) is 35.5 Å². The van der Waals surface area contributed by atoms with Crippen molar-refractivity contribution in [1.29, 1.82) is 0 Å². The molecular formula is C22H24ClN7O2. The van der Waals surface area contributed by atoms with Crippen molar-refractivity contribution < 1.29 is 4.74 Å². The van der Waals surface area contributed by atoms with Gasteiger partial charge < -0.3 is 4.74 Å². The van der Waals surface area contributed by atoms with E-state index in [9.17, 15) is 4.79 Å². The van der Waals surface area contributed by atoms with Crippen LogP contribution in [0.2, 0.25) is 5.02 Å². The molecule has 0 bridgehead atoms. The van der Waals surface area contributed by atoms with Gasteiger partial charge in [0.2, 0.25) is 0 Å². The number of benzene rings is 1. The minimum atomic E-state index is -0.774. The molecule has 0 spiro atoms. The standard InChI is InChI=1S/C22H24ClN7O2/c1-22(9-5-11-32-22)30-18-14(23)6-3-7-17(18)28-13-24-20(19(28)21(30)31)29-12-15(25-26-29)16-8-4-10-27(16)2/h3,6-7,12-13,16H,4-5,8-11H2,1-2H3. The van der Waals surface area contributed by atoms with Crippen molar-refractivity contribution in [3.63, 3.8) is 0 Å². The van der Waals surface area contributed by atoms with Crippen molar-refractivity contribution in [2.24, 2.45) is 0 Å². The second-order valence-electron chi connectivity index (χ2n) is 8.89. The second-order valence-corrected chi connectivity index (χ2v) is 9.30. The van der Waals surface area contributed by atoms with Gasteiger partial charge in [0.25, 0.3) is 5.56 Å². The average molecular weight is 454 g/mol. The maximum atomic E-state index is 14.0. The minimum absolute atomic E-state index is 0.211. The Kier molecular flexibility index (Phi) is 4.43. The Hall–Kier alpha value is -2.75. The van der Waals surface area contributed by atoms with Crippen LogP contribution in [0.5, 0.6) is 0 Å². The van der Waals surface area contributed by atoms with Gasteiger partial charge in [-0.25, -0.2) is 4.98 Å². The number of rotatable bonds is 3. The van der Waals surface area contributed by atoms with Gasteiger partial charge in [-0.05, 0) is 58.3 Å². The summed E-state index contributed by atoms with van der Waals surface area (Å²) < 4.78 is 11.2. The fourth-order valence-electron chi connectivity index (χ4n) is 5.22. The van der Waals surface area contributed by atoms with E-state index in [1.54, 1.807) is 26.0 Å². The largest absolute Gasteiger partial charge is 0.355 e. The fraction of sp³-hybridized carbons (Fsp3) is 0.455. The first-order valence-corrected chi connectivity index (χ1v) is 11.3. The van der Waals surface area contributed by atoms with Crippen molar-refractivity contribution >= 4 is 28.2 Å². The quantitative estimate of drug-likeness (QED) is 0.474. The summed E-state index contributed by atoms with van der Waals surface area (Å²) in [5, 5.41) is 9.23. The molecule has 0 amide bonds. The van der Waals surface area contributed by atoms with Crippen molar-refractivity contribution in [1.82, 2.24) is 33.8 Å². The molecule has 9 nitrogen and oxygen atoms in total. The van der Waals surface area contributed by atoms with Gasteiger partial charge >= 0.3 is 0 Å². The molecule has 2 fully saturated rings. The van der Waals surface area contributed by atoms with E-state index in [0.29, 0.717) is 28.5 Å². The summed E-state index contributed by atoms with van der Waals surface area (Å²) in [6, 6.07) is 5.84. The van der Waals surface area contributed by atoms with Crippen molar-refractivity contribution in [2.75, 3.05) is 20.2 Å². The predicted molar refractivity (Wildman–Crippen MR) is 120 cm³/mol. The van der Waals surface area contributed by atoms with Crippen LogP contribution >= 0.6 is 11.6 Å². The molecule has 0 radical (unpaired) electrons. The van der Waals surface area contributed by atoms with Gasteiger partial charge in [-0.2, -0.15) is 4.68 Å². The molecule has 2 unspecified atom stereocenters. The number of hydrogen-bond acceptors (Lipinski definition) is 6. The molecule has 1 aromatic carbocycles. The molecule has 2 saturated heterocycles. The van der Waals surface area contributed by atoms with E-state index >= 15 is 0 Å². The molecule has 0 aliphatic carbocycles. The highest BCUT2D eigenvalue weighted by atomic mass is 35.5. The number of nitrogens with zero attached hydrogens (tertiary/aromatic N) is 7. The first-order valence-electron chi connectivity index (χ1n) is 11.0. The first kappa shape index (κ1) is 19.9. The maximum absolute atomic E-state index is 14.0. The third-order valence-electron chi connectivity index (χ3n) is 6.86. The van der Waals surface area contributed by atoms with E-state index in [0.717, 1.165) is 43.4 Å². The normalized spacial score (nSPS) is 24.3. The molecule has 4 aromatic rings. The van der Waals surface area contributed by atoms with Crippen LogP contribution in [0.3, 0.4) is 0 Å². The lowest BCUT2D eigenvalue weighted by atomic mass is 10.1. The van der Waals surface area contributed by atoms with Gasteiger partial charge in [-0.15, -0.1) is 5.10 Å². The smallest absolute Gasteiger partial charge is 0.281 e. The van der Waals surface area contributed by atoms with Gasteiger partial charge in [0.15, 0.2) is 11.3 Å². The summed E-state index contributed by atoms with van der Waals surface area (Å²) in [7, 11) is 2.10. The van der Waals surface area contributed by atoms with Crippen LogP contribution in [0, 0.1) is 0 Å². The Balaban J connectivity index is 1.61. The number of hydrogen-bond donors (Lipinski definition) is 0. The average Bonchev–Trinajstić information content (AvgIpc) is 3.54. The molecule has 2 aliphatic rings. The Labute approximate surface area is 189 Å². The van der Waals surface area contributed by atoms with Gasteiger partial charge in [0.1, 0.15) is 17.7 Å². The Morgan fingerprint density at radius 3 is 2.88 bits per heavy atom. The third-order valence-corrected chi connectivity index (χ3v) is 7.17. The van der Waals surface area contributed by atoms with E-state index < -0.39 is 5.72 Å². The van der Waals surface area contributed by atoms with Crippen LogP contribution < -0.4 is 5.56 Å². The highest BCUT2D eigenvalue weighted by molar-refractivity contribution is 6.35. The number of fused-ring (bicyclic) bond motifs is 3. The van der Waals surface area contributed by atoms with E-state index in [2.05, 4.69) is 27.2 Å². The van der Waals surface area contributed by atoms with Gasteiger partial charge in [0, 0.05) is 6.61 Å². The molecule has 6 rings (SSSR count). The SMILES string of the molecule is CN1CCCC1c1cn(-c2ncn3c2c(=O)n(C2(C)CCCO2)c2c(Cl)cccc23)nn1. The van der Waals surface area contributed by atoms with Crippen molar-refractivity contribution in [3.8, 4) is 5.82 Å². The van der Waals surface area contributed by atoms with E-state index in [1.165, 1.54) is 0 Å². The van der Waals surface area contributed by atoms with Crippen LogP contribution in [0.4, 0.5) is 0 Å². The number of imidazole rings is 1. The van der Waals surface area contributed by atoms with Crippen LogP contribution in [-0.2, 0) is 10.5 Å². The van der Waals surface area contributed by atoms with Crippen molar-refractivity contribution in [2.45, 2.75) is 44.4 Å². The number of likely N-dealkylation sites (tertiary alicyclic amines) is 1. The zero-order valence-electron chi connectivity index (χ0n) is 18.0. The van der Waals surface area contributed by atoms with Crippen LogP contribution in [-0.4, -0.2) is 54.0 Å². The van der Waals surface area contributed by atoms with E-state index in [-0.39, 0.29) is 11.6 Å². The van der Waals surface area contributed by atoms with Crippen molar-refractivity contribution in [3.05, 3.63) is 51.8 Å². The van der Waals surface area contributed by atoms with E-state index in [4.69, 9.17) is 16.3 Å². The van der Waals surface area contributed by atoms with Crippen LogP contribution in [0.1, 0.15) is 44.3 Å². The summed E-state index contributed by atoms with van der Waals surface area (Å²) >= 11 is 6.61. The highest BCUT2D eigenvalue weighted by Crippen LogP contribution is 2.35. The zero-order valence-corrected chi connectivity index (χ0v) is 18.8. The second kappa shape index (κ2) is 7.13. The predicted octanol–water partition coefficient (Wildman–Crippen LogP) is 3.13. The molecule has 0 N–H and O–H groups in total. The maximum Gasteiger partial charge on any atom is 0.281 e. The highest BCUT2D eigenvalue weighted by Gasteiger charge is 2.36. The summed E-state index contributed by atoms with van der Waals surface area (Å²) in [6.45, 7) is 3.59. The molecule has 10 heteroatoms. The molecule has 32 heavy (non-hydrogen) atoms. The number of halogens is 1. The lowest BCUT2D eigenvalue weighted by molar-refractivity contribution is -0.0447. The number of aromatic nitrogens is 6. The Morgan fingerprint density at radius 2 is 2.12 bits per heavy atom. The Morgan fingerprint density at radius 1 is 1.25 bits per heavy atom. The monoisotopic (exact) mass is 453 g/mol. The van der Waals surface area contributed by atoms with Gasteiger partial charge in [0.05, 0.1) is 28.3 Å². The summed E-state index contributed by atoms with van der Waals surface area (Å²) in [5.74, 6) is 0.451. The summed E-state index contributed by atoms with van der Waals surface area (Å²) in [5.41, 5.74) is 1.76. The molecular weight excluding hydrogens is 430 g/mol. The van der Waals surface area contributed by atoms with E-state index in [1.807, 2.05) is 25.3 Å². The molecule has 166 valence electrons. The Bertz CT molecular complexity index is 1400. The lowest BCUT2D eigenvalue weighted by Crippen LogP contribution is -2.39.